The van der Waals surface area contributed by atoms with Gasteiger partial charge in [-0.25, -0.2) is 0 Å². The lowest BCUT2D eigenvalue weighted by Gasteiger charge is -2.51. The predicted octanol–water partition coefficient (Wildman–Crippen LogP) is -16.5. The summed E-state index contributed by atoms with van der Waals surface area (Å²) in [5.41, 5.74) is 0. The van der Waals surface area contributed by atoms with Crippen LogP contribution in [0, 0.1) is 5.92 Å². The highest BCUT2D eigenvalue weighted by Crippen LogP contribution is 2.39. The molecule has 25 N–H and O–H groups in total. The van der Waals surface area contributed by atoms with Gasteiger partial charge in [-0.15, -0.1) is 0 Å². The van der Waals surface area contributed by atoms with E-state index in [1.807, 2.05) is 0 Å². The molecule has 0 aromatic heterocycles. The maximum atomic E-state index is 12.9. The van der Waals surface area contributed by atoms with Crippen LogP contribution in [0.15, 0.2) is 0 Å². The van der Waals surface area contributed by atoms with Crippen molar-refractivity contribution in [1.29, 1.82) is 0 Å². The van der Waals surface area contributed by atoms with Crippen molar-refractivity contribution in [3.8, 4) is 0 Å². The molecule has 0 radical (unpaired) electrons. The van der Waals surface area contributed by atoms with Crippen molar-refractivity contribution >= 4 is 11.8 Å². The lowest BCUT2D eigenvalue weighted by molar-refractivity contribution is -0.399. The van der Waals surface area contributed by atoms with Gasteiger partial charge in [-0.3, -0.25) is 9.59 Å². The van der Waals surface area contributed by atoms with E-state index in [0.717, 1.165) is 13.8 Å². The number of hydrogen-bond acceptors (Lipinski definition) is 40. The Bertz CT molecular complexity index is 2430. The first-order valence-electron chi connectivity index (χ1n) is 31.4. The Morgan fingerprint density at radius 3 is 1.04 bits per heavy atom. The van der Waals surface area contributed by atoms with Crippen LogP contribution < -0.4 is 10.6 Å². The average Bonchev–Trinajstić information content (AvgIpc) is 0.775. The smallest absolute Gasteiger partial charge is 0.217 e. The largest absolute Gasteiger partial charge is 0.394 e. The first kappa shape index (κ1) is 80.1. The van der Waals surface area contributed by atoms with Crippen LogP contribution in [0.2, 0.25) is 0 Å². The standard InChI is InChI=1S/C55H94N2O40/c1-13(2)43-24(56-14(3)64)32(72)44(20(9-62)85-43)93-49-25(57-15(4)65)33(73)45(21(10-63)90-49)94-54-42(82)47(96-55-48(37(77)29(69)19(8-61)89-55)97-53-40(80)36(76)28(68)18(7-60)88-53)31(71)23(92-54)12-84-51-41(81)46(95-52-39(79)35(75)27(67)17(6-59)87-52)30(70)22(91-51)11-83-50-38(78)34(74)26(66)16(5-58)86-50/h13,16-55,58-63,66-82H,5-12H2,1-4H3,(H,56,64)(H,57,65)/t16?,17?,18?,19?,20?,21?,22?,23?,24?,25?,26-,27-,28-,29-,30-,31-,32-,33-,34+,35?,36?,37?,38?,39?,40?,41?,42?,43+,44-,45-,46+,47+,48?,49+,50+,51+,52-,53-,54+,55-/m1/s1. The Morgan fingerprint density at radius 2 is 0.598 bits per heavy atom. The van der Waals surface area contributed by atoms with Gasteiger partial charge < -0.3 is 199 Å². The van der Waals surface area contributed by atoms with Gasteiger partial charge in [0.15, 0.2) is 44.0 Å². The highest BCUT2D eigenvalue weighted by Gasteiger charge is 2.59. The minimum absolute atomic E-state index is 0.374. The molecule has 2 amide bonds. The van der Waals surface area contributed by atoms with Gasteiger partial charge in [0, 0.05) is 13.8 Å². The van der Waals surface area contributed by atoms with E-state index in [0.29, 0.717) is 0 Å². The van der Waals surface area contributed by atoms with E-state index in [2.05, 4.69) is 10.6 Å². The summed E-state index contributed by atoms with van der Waals surface area (Å²) in [6.07, 6.45) is -75.7. The Morgan fingerprint density at radius 1 is 0.299 bits per heavy atom. The fourth-order valence-electron chi connectivity index (χ4n) is 12.7. The fourth-order valence-corrected chi connectivity index (χ4v) is 12.7. The molecule has 8 aliphatic heterocycles. The number of nitrogens with one attached hydrogen (secondary N) is 2. The third-order valence-corrected chi connectivity index (χ3v) is 18.1. The molecule has 0 aromatic rings. The van der Waals surface area contributed by atoms with Crippen LogP contribution in [0.4, 0.5) is 0 Å². The van der Waals surface area contributed by atoms with E-state index in [9.17, 15) is 127 Å². The quantitative estimate of drug-likeness (QED) is 0.0404. The van der Waals surface area contributed by atoms with E-state index in [1.54, 1.807) is 13.8 Å². The second-order valence-corrected chi connectivity index (χ2v) is 25.2. The number of hydrogen-bond donors (Lipinski definition) is 25. The average molecular weight is 1420 g/mol. The van der Waals surface area contributed by atoms with Crippen molar-refractivity contribution in [1.82, 2.24) is 10.6 Å². The minimum atomic E-state index is -2.47. The van der Waals surface area contributed by atoms with Crippen molar-refractivity contribution in [3.05, 3.63) is 0 Å². The number of aliphatic hydroxyl groups excluding tert-OH is 23. The Hall–Kier alpha value is -2.58. The molecule has 97 heavy (non-hydrogen) atoms. The number of carbonyl (C=O) groups excluding carboxylic acids is 2. The summed E-state index contributed by atoms with van der Waals surface area (Å²) in [5, 5.41) is 257. The van der Waals surface area contributed by atoms with E-state index >= 15 is 0 Å². The molecule has 40 atom stereocenters. The lowest BCUT2D eigenvalue weighted by atomic mass is 9.87. The minimum Gasteiger partial charge on any atom is -0.394 e. The Balaban J connectivity index is 1.12. The van der Waals surface area contributed by atoms with Crippen molar-refractivity contribution in [3.63, 3.8) is 0 Å². The summed E-state index contributed by atoms with van der Waals surface area (Å²) in [4.78, 5) is 25.3. The second-order valence-electron chi connectivity index (χ2n) is 25.2. The second kappa shape index (κ2) is 34.8. The molecular formula is C55H94N2O40. The Labute approximate surface area is 551 Å². The summed E-state index contributed by atoms with van der Waals surface area (Å²) in [7, 11) is 0. The lowest BCUT2D eigenvalue weighted by Crippen LogP contribution is -2.70. The van der Waals surface area contributed by atoms with E-state index in [4.69, 9.17) is 71.1 Å². The predicted molar refractivity (Wildman–Crippen MR) is 300 cm³/mol. The third kappa shape index (κ3) is 17.5. The van der Waals surface area contributed by atoms with Gasteiger partial charge in [-0.05, 0) is 5.92 Å². The molecule has 0 bridgehead atoms. The first-order valence-corrected chi connectivity index (χ1v) is 31.4. The molecular weight excluding hydrogens is 1330 g/mol. The summed E-state index contributed by atoms with van der Waals surface area (Å²) in [6, 6.07) is -3.00. The van der Waals surface area contributed by atoms with Crippen LogP contribution in [0.1, 0.15) is 27.7 Å². The molecule has 19 unspecified atom stereocenters. The molecule has 8 saturated heterocycles. The molecule has 8 heterocycles. The normalized spacial score (nSPS) is 50.1. The molecule has 0 aliphatic carbocycles. The monoisotopic (exact) mass is 1420 g/mol. The molecule has 8 rings (SSSR count). The highest BCUT2D eigenvalue weighted by atomic mass is 16.8. The van der Waals surface area contributed by atoms with Crippen LogP contribution >= 0.6 is 0 Å². The van der Waals surface area contributed by atoms with Gasteiger partial charge in [0.1, 0.15) is 189 Å². The summed E-state index contributed by atoms with van der Waals surface area (Å²) in [5.74, 6) is -1.84. The summed E-state index contributed by atoms with van der Waals surface area (Å²) < 4.78 is 87.9. The molecule has 42 heteroatoms. The maximum absolute atomic E-state index is 12.9. The topological polar surface area (TPSA) is 662 Å². The van der Waals surface area contributed by atoms with Gasteiger partial charge in [0.2, 0.25) is 11.8 Å². The molecule has 0 aromatic carbocycles. The highest BCUT2D eigenvalue weighted by molar-refractivity contribution is 5.73. The Kier molecular flexibility index (Phi) is 28.7. The molecule has 8 fully saturated rings. The van der Waals surface area contributed by atoms with Crippen LogP contribution in [-0.4, -0.2) is 427 Å². The zero-order valence-corrected chi connectivity index (χ0v) is 52.6. The SMILES string of the molecule is CC(=O)NC1[C@H](O[C@@H]2C(CO)O[C@@H](C(C)C)C(NC(C)=O)[C@H]2O)OC(CO)[C@@H](O[C@@H]2OC(CO[C@H]3OC(CO[C@H]4OC(CO)[C@@H](O)[C@H](O)C4O)[C@@H](O)[C@H](O[C@H]4OC(CO)[C@@H](O)C(O)C4O)C3O)[C@@H](O)[C@H](O[C@H]3OC(CO)[C@@H](O)C(O)C3O[C@H]3OC(CO)[C@@H](O)C(O)C3O)C2O)[C@@H]1O. The van der Waals surface area contributed by atoms with Crippen molar-refractivity contribution in [2.24, 2.45) is 5.92 Å². The first-order chi connectivity index (χ1) is 45.9. The maximum Gasteiger partial charge on any atom is 0.217 e. The van der Waals surface area contributed by atoms with Gasteiger partial charge in [-0.1, -0.05) is 13.8 Å². The fraction of sp³-hybridized carbons (Fsp3) is 0.964. The van der Waals surface area contributed by atoms with Crippen LogP contribution in [0.3, 0.4) is 0 Å². The van der Waals surface area contributed by atoms with Gasteiger partial charge in [-0.2, -0.15) is 0 Å². The molecule has 0 spiro atoms. The number of ether oxygens (including phenoxy) is 15. The summed E-state index contributed by atoms with van der Waals surface area (Å²) in [6.45, 7) is -2.42. The molecule has 42 nitrogen and oxygen atoms in total. The van der Waals surface area contributed by atoms with Crippen LogP contribution in [0.5, 0.6) is 0 Å². The number of aliphatic hydroxyl groups is 23. The van der Waals surface area contributed by atoms with Gasteiger partial charge >= 0.3 is 0 Å². The summed E-state index contributed by atoms with van der Waals surface area (Å²) >= 11 is 0. The van der Waals surface area contributed by atoms with E-state index < -0.39 is 310 Å². The van der Waals surface area contributed by atoms with E-state index in [1.165, 1.54) is 0 Å². The van der Waals surface area contributed by atoms with Gasteiger partial charge in [0.05, 0.1) is 65.0 Å². The number of amides is 2. The third-order valence-electron chi connectivity index (χ3n) is 18.1. The molecule has 564 valence electrons. The van der Waals surface area contributed by atoms with Crippen molar-refractivity contribution in [2.75, 3.05) is 52.9 Å². The van der Waals surface area contributed by atoms with Crippen molar-refractivity contribution < 1.29 is 198 Å². The zero-order valence-electron chi connectivity index (χ0n) is 52.6. The van der Waals surface area contributed by atoms with Crippen LogP contribution in [-0.2, 0) is 80.6 Å². The van der Waals surface area contributed by atoms with Gasteiger partial charge in [0.25, 0.3) is 0 Å². The van der Waals surface area contributed by atoms with Crippen LogP contribution in [0.25, 0.3) is 0 Å². The zero-order chi connectivity index (χ0) is 71.5. The molecule has 0 saturated carbocycles. The molecule has 8 aliphatic rings. The van der Waals surface area contributed by atoms with E-state index in [-0.39, 0.29) is 5.92 Å². The van der Waals surface area contributed by atoms with Crippen molar-refractivity contribution in [2.45, 2.75) is 273 Å². The number of carbonyl (C=O) groups is 2. The number of rotatable bonds is 25.